The zero-order chi connectivity index (χ0) is 12.4. The predicted octanol–water partition coefficient (Wildman–Crippen LogP) is 0.0820. The molecule has 1 aromatic rings. The number of rotatable bonds is 2. The third-order valence-electron chi connectivity index (χ3n) is 2.86. The van der Waals surface area contributed by atoms with Crippen LogP contribution in [0.4, 0.5) is 11.8 Å². The Hall–Kier alpha value is -1.85. The number of nitrogen functional groups attached to an aromatic ring is 1. The maximum absolute atomic E-state index is 11.0. The van der Waals surface area contributed by atoms with E-state index in [0.29, 0.717) is 0 Å². The maximum atomic E-state index is 11.0. The number of aryl methyl sites for hydroxylation is 1. The predicted molar refractivity (Wildman–Crippen MR) is 65.6 cm³/mol. The molecule has 1 unspecified atom stereocenters. The van der Waals surface area contributed by atoms with Crippen molar-refractivity contribution in [1.82, 2.24) is 15.3 Å². The summed E-state index contributed by atoms with van der Waals surface area (Å²) in [5.74, 6) is 1.16. The molecular weight excluding hydrogens is 218 g/mol. The fourth-order valence-electron chi connectivity index (χ4n) is 2.12. The first-order chi connectivity index (χ1) is 8.06. The van der Waals surface area contributed by atoms with Crippen LogP contribution in [0.2, 0.25) is 0 Å². The number of amides is 1. The number of aromatic nitrogens is 2. The Labute approximate surface area is 100 Å². The number of hydrogen-bond acceptors (Lipinski definition) is 5. The number of carbonyl (C=O) groups excluding carboxylic acids is 1. The number of nitrogens with zero attached hydrogens (tertiary/aromatic N) is 3. The van der Waals surface area contributed by atoms with E-state index < -0.39 is 0 Å². The zero-order valence-corrected chi connectivity index (χ0v) is 10.1. The highest BCUT2D eigenvalue weighted by molar-refractivity contribution is 5.73. The fraction of sp³-hybridized carbons (Fsp3) is 0.545. The van der Waals surface area contributed by atoms with Crippen LogP contribution in [-0.2, 0) is 4.79 Å². The second-order valence-corrected chi connectivity index (χ2v) is 4.37. The second kappa shape index (κ2) is 4.57. The summed E-state index contributed by atoms with van der Waals surface area (Å²) in [6, 6.07) is 0.197. The number of anilines is 2. The van der Waals surface area contributed by atoms with E-state index in [0.717, 1.165) is 30.9 Å². The minimum Gasteiger partial charge on any atom is -0.368 e. The van der Waals surface area contributed by atoms with Crippen molar-refractivity contribution < 1.29 is 4.79 Å². The quantitative estimate of drug-likeness (QED) is 0.758. The monoisotopic (exact) mass is 235 g/mol. The molecule has 92 valence electrons. The number of nitrogens with one attached hydrogen (secondary N) is 1. The minimum atomic E-state index is 0.00998. The SMILES string of the molecule is CC(=O)NC1CCN(c2nc(N)ncc2C)C1. The average Bonchev–Trinajstić information content (AvgIpc) is 2.69. The summed E-state index contributed by atoms with van der Waals surface area (Å²) in [4.78, 5) is 21.3. The maximum Gasteiger partial charge on any atom is 0.221 e. The molecule has 1 saturated heterocycles. The standard InChI is InChI=1S/C11H17N5O/c1-7-5-13-11(12)15-10(7)16-4-3-9(6-16)14-8(2)17/h5,9H,3-4,6H2,1-2H3,(H,14,17)(H2,12,13,15). The molecule has 0 bridgehead atoms. The summed E-state index contributed by atoms with van der Waals surface area (Å²) >= 11 is 0. The molecule has 1 amide bonds. The van der Waals surface area contributed by atoms with Crippen LogP contribution in [0.3, 0.4) is 0 Å². The Balaban J connectivity index is 2.09. The Morgan fingerprint density at radius 1 is 1.65 bits per heavy atom. The molecule has 0 spiro atoms. The van der Waals surface area contributed by atoms with Gasteiger partial charge in [-0.25, -0.2) is 4.98 Å². The smallest absolute Gasteiger partial charge is 0.221 e. The van der Waals surface area contributed by atoms with Crippen LogP contribution in [0.5, 0.6) is 0 Å². The highest BCUT2D eigenvalue weighted by Crippen LogP contribution is 2.21. The molecule has 0 aromatic carbocycles. The zero-order valence-electron chi connectivity index (χ0n) is 10.1. The molecule has 3 N–H and O–H groups in total. The van der Waals surface area contributed by atoms with E-state index in [1.165, 1.54) is 6.92 Å². The van der Waals surface area contributed by atoms with Gasteiger partial charge in [-0.15, -0.1) is 0 Å². The van der Waals surface area contributed by atoms with Crippen LogP contribution in [0.25, 0.3) is 0 Å². The van der Waals surface area contributed by atoms with E-state index in [4.69, 9.17) is 5.73 Å². The van der Waals surface area contributed by atoms with Gasteiger partial charge in [-0.1, -0.05) is 0 Å². The van der Waals surface area contributed by atoms with Crippen molar-refractivity contribution in [3.05, 3.63) is 11.8 Å². The van der Waals surface area contributed by atoms with E-state index in [9.17, 15) is 4.79 Å². The van der Waals surface area contributed by atoms with Gasteiger partial charge in [0.1, 0.15) is 5.82 Å². The first-order valence-electron chi connectivity index (χ1n) is 5.67. The van der Waals surface area contributed by atoms with Crippen LogP contribution >= 0.6 is 0 Å². The Bertz CT molecular complexity index is 434. The van der Waals surface area contributed by atoms with Gasteiger partial charge in [0.25, 0.3) is 0 Å². The lowest BCUT2D eigenvalue weighted by Crippen LogP contribution is -2.35. The van der Waals surface area contributed by atoms with Crippen molar-refractivity contribution in [2.24, 2.45) is 0 Å². The number of hydrogen-bond donors (Lipinski definition) is 2. The summed E-state index contributed by atoms with van der Waals surface area (Å²) in [6.45, 7) is 5.15. The minimum absolute atomic E-state index is 0.00998. The van der Waals surface area contributed by atoms with Crippen LogP contribution in [0.1, 0.15) is 18.9 Å². The normalized spacial score (nSPS) is 19.4. The van der Waals surface area contributed by atoms with Gasteiger partial charge in [0.05, 0.1) is 0 Å². The first-order valence-corrected chi connectivity index (χ1v) is 5.67. The van der Waals surface area contributed by atoms with E-state index >= 15 is 0 Å². The molecule has 1 atom stereocenters. The molecule has 1 fully saturated rings. The molecule has 1 aromatic heterocycles. The lowest BCUT2D eigenvalue weighted by molar-refractivity contribution is -0.119. The molecule has 6 heteroatoms. The molecule has 2 heterocycles. The molecule has 2 rings (SSSR count). The first kappa shape index (κ1) is 11.6. The van der Waals surface area contributed by atoms with Crippen molar-refractivity contribution in [3.8, 4) is 0 Å². The van der Waals surface area contributed by atoms with E-state index in [-0.39, 0.29) is 17.9 Å². The van der Waals surface area contributed by atoms with Crippen molar-refractivity contribution >= 4 is 17.7 Å². The molecular formula is C11H17N5O. The summed E-state index contributed by atoms with van der Waals surface area (Å²) < 4.78 is 0. The molecule has 6 nitrogen and oxygen atoms in total. The molecule has 0 aliphatic carbocycles. The molecule has 1 aliphatic rings. The van der Waals surface area contributed by atoms with Gasteiger partial charge in [0.2, 0.25) is 11.9 Å². The topological polar surface area (TPSA) is 84.1 Å². The van der Waals surface area contributed by atoms with Gasteiger partial charge in [0.15, 0.2) is 0 Å². The number of nitrogens with two attached hydrogens (primary N) is 1. The van der Waals surface area contributed by atoms with Crippen LogP contribution in [0, 0.1) is 6.92 Å². The van der Waals surface area contributed by atoms with Gasteiger partial charge in [-0.2, -0.15) is 4.98 Å². The average molecular weight is 235 g/mol. The highest BCUT2D eigenvalue weighted by atomic mass is 16.1. The molecule has 0 saturated carbocycles. The van der Waals surface area contributed by atoms with E-state index in [2.05, 4.69) is 20.2 Å². The van der Waals surface area contributed by atoms with Gasteiger partial charge >= 0.3 is 0 Å². The number of carbonyl (C=O) groups is 1. The largest absolute Gasteiger partial charge is 0.368 e. The summed E-state index contributed by atoms with van der Waals surface area (Å²) in [7, 11) is 0. The van der Waals surface area contributed by atoms with E-state index in [1.54, 1.807) is 6.20 Å². The highest BCUT2D eigenvalue weighted by Gasteiger charge is 2.25. The van der Waals surface area contributed by atoms with Crippen molar-refractivity contribution in [1.29, 1.82) is 0 Å². The molecule has 17 heavy (non-hydrogen) atoms. The summed E-state index contributed by atoms with van der Waals surface area (Å²) in [5.41, 5.74) is 6.59. The summed E-state index contributed by atoms with van der Waals surface area (Å²) in [6.07, 6.45) is 2.66. The summed E-state index contributed by atoms with van der Waals surface area (Å²) in [5, 5.41) is 2.92. The van der Waals surface area contributed by atoms with Gasteiger partial charge in [-0.3, -0.25) is 4.79 Å². The van der Waals surface area contributed by atoms with Gasteiger partial charge in [-0.05, 0) is 13.3 Å². The molecule has 0 radical (unpaired) electrons. The van der Waals surface area contributed by atoms with Crippen LogP contribution in [0.15, 0.2) is 6.20 Å². The van der Waals surface area contributed by atoms with Crippen molar-refractivity contribution in [2.75, 3.05) is 23.7 Å². The van der Waals surface area contributed by atoms with Crippen LogP contribution in [-0.4, -0.2) is 35.0 Å². The van der Waals surface area contributed by atoms with Crippen LogP contribution < -0.4 is 16.0 Å². The van der Waals surface area contributed by atoms with Gasteiger partial charge in [0, 0.05) is 37.8 Å². The second-order valence-electron chi connectivity index (χ2n) is 4.37. The van der Waals surface area contributed by atoms with Gasteiger partial charge < -0.3 is 16.0 Å². The fourth-order valence-corrected chi connectivity index (χ4v) is 2.12. The Morgan fingerprint density at radius 3 is 3.12 bits per heavy atom. The molecule has 1 aliphatic heterocycles. The third-order valence-corrected chi connectivity index (χ3v) is 2.86. The van der Waals surface area contributed by atoms with Crippen molar-refractivity contribution in [3.63, 3.8) is 0 Å². The lowest BCUT2D eigenvalue weighted by atomic mass is 10.2. The Kier molecular flexibility index (Phi) is 3.12. The lowest BCUT2D eigenvalue weighted by Gasteiger charge is -2.19. The third kappa shape index (κ3) is 2.64. The Morgan fingerprint density at radius 2 is 2.41 bits per heavy atom. The van der Waals surface area contributed by atoms with Crippen molar-refractivity contribution in [2.45, 2.75) is 26.3 Å². The van der Waals surface area contributed by atoms with E-state index in [1.807, 2.05) is 6.92 Å².